The molecule has 0 aliphatic heterocycles. The maximum Gasteiger partial charge on any atom is 0.376 e. The second-order valence-corrected chi connectivity index (χ2v) is 5.51. The van der Waals surface area contributed by atoms with E-state index in [0.29, 0.717) is 6.42 Å². The molecule has 94 valence electrons. The largest absolute Gasteiger partial charge is 0.463 e. The average molecular weight is 279 g/mol. The molecular weight excluding hydrogens is 268 g/mol. The van der Waals surface area contributed by atoms with Gasteiger partial charge in [-0.3, -0.25) is 0 Å². The van der Waals surface area contributed by atoms with Gasteiger partial charge in [0.2, 0.25) is 5.82 Å². The van der Waals surface area contributed by atoms with Crippen molar-refractivity contribution in [3.05, 3.63) is 18.1 Å². The van der Waals surface area contributed by atoms with Gasteiger partial charge in [0, 0.05) is 12.1 Å². The van der Waals surface area contributed by atoms with Gasteiger partial charge in [0.25, 0.3) is 0 Å². The van der Waals surface area contributed by atoms with Crippen LogP contribution in [0.1, 0.15) is 17.0 Å². The molecular formula is C9H11ClN2O4S. The molecule has 0 bridgehead atoms. The topological polar surface area (TPSA) is 86.2 Å². The molecule has 1 aromatic heterocycles. The summed E-state index contributed by atoms with van der Waals surface area (Å²) in [6, 6.07) is 1.23. The van der Waals surface area contributed by atoms with Crippen LogP contribution in [0.4, 0.5) is 0 Å². The molecule has 0 fully saturated rings. The third-order valence-electron chi connectivity index (χ3n) is 1.86. The van der Waals surface area contributed by atoms with Crippen molar-refractivity contribution >= 4 is 27.4 Å². The second kappa shape index (κ2) is 5.92. The Balaban J connectivity index is 3.03. The maximum atomic E-state index is 11.8. The number of aromatic nitrogens is 2. The van der Waals surface area contributed by atoms with E-state index in [2.05, 4.69) is 14.7 Å². The Kier molecular flexibility index (Phi) is 4.83. The van der Waals surface area contributed by atoms with Crippen molar-refractivity contribution < 1.29 is 17.9 Å². The molecule has 8 heteroatoms. The Labute approximate surface area is 104 Å². The van der Waals surface area contributed by atoms with E-state index >= 15 is 0 Å². The fraction of sp³-hybridized carbons (Fsp3) is 0.444. The number of nitrogens with zero attached hydrogens (tertiary/aromatic N) is 2. The van der Waals surface area contributed by atoms with Crippen LogP contribution >= 0.6 is 11.6 Å². The second-order valence-electron chi connectivity index (χ2n) is 3.07. The number of methoxy groups -OCH3 is 1. The minimum absolute atomic E-state index is 0.117. The third-order valence-corrected chi connectivity index (χ3v) is 3.82. The molecule has 0 saturated carbocycles. The van der Waals surface area contributed by atoms with Crippen LogP contribution in [0.2, 0.25) is 0 Å². The van der Waals surface area contributed by atoms with E-state index in [9.17, 15) is 13.2 Å². The molecule has 6 nitrogen and oxygen atoms in total. The molecule has 17 heavy (non-hydrogen) atoms. The van der Waals surface area contributed by atoms with E-state index in [1.807, 2.05) is 0 Å². The number of alkyl halides is 1. The first-order valence-corrected chi connectivity index (χ1v) is 6.90. The van der Waals surface area contributed by atoms with Gasteiger partial charge >= 0.3 is 5.97 Å². The Morgan fingerprint density at radius 1 is 1.53 bits per heavy atom. The van der Waals surface area contributed by atoms with Crippen LogP contribution in [-0.2, 0) is 14.6 Å². The predicted octanol–water partition coefficient (Wildman–Crippen LogP) is 0.666. The number of carbonyl (C=O) groups is 1. The van der Waals surface area contributed by atoms with Crippen LogP contribution in [0.15, 0.2) is 17.3 Å². The number of rotatable bonds is 5. The van der Waals surface area contributed by atoms with Gasteiger partial charge in [-0.05, 0) is 12.5 Å². The van der Waals surface area contributed by atoms with Crippen LogP contribution in [0, 0.1) is 0 Å². The van der Waals surface area contributed by atoms with Crippen LogP contribution in [0.5, 0.6) is 0 Å². The van der Waals surface area contributed by atoms with Crippen LogP contribution < -0.4 is 0 Å². The molecule has 0 spiro atoms. The van der Waals surface area contributed by atoms with Crippen molar-refractivity contribution in [1.29, 1.82) is 0 Å². The van der Waals surface area contributed by atoms with Crippen LogP contribution in [-0.4, -0.2) is 43.1 Å². The highest BCUT2D eigenvalue weighted by Gasteiger charge is 2.18. The van der Waals surface area contributed by atoms with Gasteiger partial charge in [-0.15, -0.1) is 11.6 Å². The van der Waals surface area contributed by atoms with Crippen LogP contribution in [0.25, 0.3) is 0 Å². The maximum absolute atomic E-state index is 11.8. The molecule has 0 aliphatic rings. The summed E-state index contributed by atoms with van der Waals surface area (Å²) in [6.07, 6.45) is 1.52. The van der Waals surface area contributed by atoms with Gasteiger partial charge < -0.3 is 4.74 Å². The first kappa shape index (κ1) is 13.9. The molecule has 0 atom stereocenters. The number of ether oxygens (including phenoxy) is 1. The van der Waals surface area contributed by atoms with Crippen molar-refractivity contribution in [3.8, 4) is 0 Å². The lowest BCUT2D eigenvalue weighted by atomic mass is 10.5. The van der Waals surface area contributed by atoms with Gasteiger partial charge in [0.05, 0.1) is 12.9 Å². The number of hydrogen-bond acceptors (Lipinski definition) is 6. The average Bonchev–Trinajstić information content (AvgIpc) is 2.35. The lowest BCUT2D eigenvalue weighted by molar-refractivity contribution is 0.0585. The molecule has 0 aliphatic carbocycles. The molecule has 0 aromatic carbocycles. The summed E-state index contributed by atoms with van der Waals surface area (Å²) in [7, 11) is -2.36. The van der Waals surface area contributed by atoms with E-state index in [0.717, 1.165) is 0 Å². The minimum atomic E-state index is -3.53. The third kappa shape index (κ3) is 3.64. The number of hydrogen-bond donors (Lipinski definition) is 0. The summed E-state index contributed by atoms with van der Waals surface area (Å²) >= 11 is 5.43. The summed E-state index contributed by atoms with van der Waals surface area (Å²) in [5.41, 5.74) is 0. The van der Waals surface area contributed by atoms with Crippen molar-refractivity contribution in [1.82, 2.24) is 9.97 Å². The zero-order chi connectivity index (χ0) is 12.9. The van der Waals surface area contributed by atoms with E-state index in [1.54, 1.807) is 0 Å². The molecule has 0 saturated heterocycles. The Bertz CT molecular complexity index is 503. The highest BCUT2D eigenvalue weighted by molar-refractivity contribution is 7.91. The summed E-state index contributed by atoms with van der Waals surface area (Å²) in [5.74, 6) is -0.929. The first-order chi connectivity index (χ1) is 8.01. The van der Waals surface area contributed by atoms with Crippen molar-refractivity contribution in [2.45, 2.75) is 11.4 Å². The molecule has 0 amide bonds. The molecule has 1 heterocycles. The van der Waals surface area contributed by atoms with Gasteiger partial charge in [-0.1, -0.05) is 0 Å². The quantitative estimate of drug-likeness (QED) is 0.447. The fourth-order valence-corrected chi connectivity index (χ4v) is 2.57. The summed E-state index contributed by atoms with van der Waals surface area (Å²) in [4.78, 5) is 18.4. The summed E-state index contributed by atoms with van der Waals surface area (Å²) in [6.45, 7) is 0. The predicted molar refractivity (Wildman–Crippen MR) is 60.8 cm³/mol. The Morgan fingerprint density at radius 3 is 2.82 bits per heavy atom. The number of carbonyl (C=O) groups excluding carboxylic acids is 1. The monoisotopic (exact) mass is 278 g/mol. The molecule has 0 unspecified atom stereocenters. The first-order valence-electron chi connectivity index (χ1n) is 4.71. The van der Waals surface area contributed by atoms with E-state index in [4.69, 9.17) is 11.6 Å². The van der Waals surface area contributed by atoms with Crippen molar-refractivity contribution in [2.75, 3.05) is 18.7 Å². The summed E-state index contributed by atoms with van der Waals surface area (Å²) in [5, 5.41) is -0.196. The van der Waals surface area contributed by atoms with Crippen LogP contribution in [0.3, 0.4) is 0 Å². The van der Waals surface area contributed by atoms with Crippen molar-refractivity contribution in [2.24, 2.45) is 0 Å². The Morgan fingerprint density at radius 2 is 2.24 bits per heavy atom. The van der Waals surface area contributed by atoms with Gasteiger partial charge in [0.15, 0.2) is 14.9 Å². The number of halogens is 1. The lowest BCUT2D eigenvalue weighted by Gasteiger charge is -2.03. The number of sulfone groups is 1. The minimum Gasteiger partial charge on any atom is -0.463 e. The number of esters is 1. The summed E-state index contributed by atoms with van der Waals surface area (Å²) < 4.78 is 27.9. The van der Waals surface area contributed by atoms with E-state index in [-0.39, 0.29) is 22.5 Å². The standard InChI is InChI=1S/C9H11ClN2O4S/c1-16-9(13)8-11-5-3-7(12-8)17(14,15)6-2-4-10/h3,5H,2,4,6H2,1H3. The van der Waals surface area contributed by atoms with Crippen molar-refractivity contribution in [3.63, 3.8) is 0 Å². The van der Waals surface area contributed by atoms with Gasteiger partial charge in [0.1, 0.15) is 0 Å². The molecule has 1 aromatic rings. The molecule has 0 radical (unpaired) electrons. The zero-order valence-corrected chi connectivity index (χ0v) is 10.7. The van der Waals surface area contributed by atoms with Gasteiger partial charge in [-0.25, -0.2) is 23.2 Å². The Hall–Kier alpha value is -1.21. The normalized spacial score (nSPS) is 11.2. The van der Waals surface area contributed by atoms with E-state index in [1.165, 1.54) is 19.4 Å². The highest BCUT2D eigenvalue weighted by Crippen LogP contribution is 2.09. The zero-order valence-electron chi connectivity index (χ0n) is 9.09. The SMILES string of the molecule is COC(=O)c1nccc(S(=O)(=O)CCCCl)n1. The smallest absolute Gasteiger partial charge is 0.376 e. The molecule has 0 N–H and O–H groups in total. The van der Waals surface area contributed by atoms with Gasteiger partial charge in [-0.2, -0.15) is 0 Å². The molecule has 1 rings (SSSR count). The fourth-order valence-electron chi connectivity index (χ4n) is 1.05. The lowest BCUT2D eigenvalue weighted by Crippen LogP contribution is -2.14. The highest BCUT2D eigenvalue weighted by atomic mass is 35.5. The van der Waals surface area contributed by atoms with E-state index < -0.39 is 15.8 Å².